The molecule has 0 bridgehead atoms. The zero-order valence-corrected chi connectivity index (χ0v) is 18.9. The summed E-state index contributed by atoms with van der Waals surface area (Å²) < 4.78 is 25.4. The SMILES string of the molecule is c1ccc2c(c1)Oc1cccc3c1B2c1cc2c(nc1O3)B1c3ccccc3Oc3cccc(c31)O2. The van der Waals surface area contributed by atoms with E-state index in [1.54, 1.807) is 0 Å². The molecule has 0 aliphatic carbocycles. The van der Waals surface area contributed by atoms with Gasteiger partial charge in [-0.25, -0.2) is 4.98 Å². The topological polar surface area (TPSA) is 49.8 Å². The molecule has 4 aliphatic heterocycles. The first-order chi connectivity index (χ1) is 17.8. The van der Waals surface area contributed by atoms with Crippen LogP contribution in [-0.2, 0) is 0 Å². The number of pyridine rings is 1. The molecule has 1 aromatic heterocycles. The Bertz CT molecular complexity index is 1660. The van der Waals surface area contributed by atoms with Gasteiger partial charge in [0.05, 0.1) is 5.59 Å². The summed E-state index contributed by atoms with van der Waals surface area (Å²) in [6.07, 6.45) is 0. The van der Waals surface area contributed by atoms with Crippen LogP contribution in [-0.4, -0.2) is 18.4 Å². The highest BCUT2D eigenvalue weighted by molar-refractivity contribution is 6.99. The number of para-hydroxylation sites is 2. The highest BCUT2D eigenvalue weighted by atomic mass is 16.5. The normalized spacial score (nSPS) is 14.3. The first kappa shape index (κ1) is 18.7. The molecular formula is C29H15B2NO4. The van der Waals surface area contributed by atoms with Gasteiger partial charge >= 0.3 is 0 Å². The molecule has 4 aromatic carbocycles. The van der Waals surface area contributed by atoms with Crippen molar-refractivity contribution in [3.8, 4) is 46.1 Å². The van der Waals surface area contributed by atoms with E-state index in [9.17, 15) is 0 Å². The van der Waals surface area contributed by atoms with E-state index in [0.29, 0.717) is 5.88 Å². The lowest BCUT2D eigenvalue weighted by molar-refractivity contribution is 0.446. The maximum absolute atomic E-state index is 6.49. The number of nitrogens with zero attached hydrogens (tertiary/aromatic N) is 1. The Labute approximate surface area is 207 Å². The minimum Gasteiger partial charge on any atom is -0.458 e. The fraction of sp³-hybridized carbons (Fsp3) is 0. The smallest absolute Gasteiger partial charge is 0.284 e. The molecule has 9 rings (SSSR count). The second kappa shape index (κ2) is 6.52. The molecule has 7 heteroatoms. The number of benzene rings is 4. The summed E-state index contributed by atoms with van der Waals surface area (Å²) in [5.74, 6) is 6.23. The van der Waals surface area contributed by atoms with Gasteiger partial charge in [-0.3, -0.25) is 0 Å². The maximum atomic E-state index is 6.49. The molecule has 0 unspecified atom stereocenters. The summed E-state index contributed by atoms with van der Waals surface area (Å²) in [5.41, 5.74) is 6.02. The molecule has 0 saturated heterocycles. The van der Waals surface area contributed by atoms with Crippen molar-refractivity contribution in [3.05, 3.63) is 91.0 Å². The van der Waals surface area contributed by atoms with Gasteiger partial charge in [-0.1, -0.05) is 48.5 Å². The Hall–Kier alpha value is -4.64. The molecule has 0 atom stereocenters. The van der Waals surface area contributed by atoms with Gasteiger partial charge in [0.1, 0.15) is 40.2 Å². The first-order valence-corrected chi connectivity index (χ1v) is 12.0. The Kier molecular flexibility index (Phi) is 3.38. The molecule has 0 radical (unpaired) electrons. The van der Waals surface area contributed by atoms with Gasteiger partial charge < -0.3 is 18.9 Å². The Morgan fingerprint density at radius 3 is 1.61 bits per heavy atom. The number of aromatic nitrogens is 1. The summed E-state index contributed by atoms with van der Waals surface area (Å²) in [5, 5.41) is 0. The number of hydrogen-bond donors (Lipinski definition) is 0. The Balaban J connectivity index is 1.31. The van der Waals surface area contributed by atoms with Gasteiger partial charge in [-0.15, -0.1) is 0 Å². The third-order valence-corrected chi connectivity index (χ3v) is 7.55. The van der Waals surface area contributed by atoms with Crippen molar-refractivity contribution >= 4 is 46.3 Å². The first-order valence-electron chi connectivity index (χ1n) is 12.0. The van der Waals surface area contributed by atoms with Gasteiger partial charge in [-0.05, 0) is 58.9 Å². The fourth-order valence-electron chi connectivity index (χ4n) is 6.06. The number of ether oxygens (including phenoxy) is 4. The van der Waals surface area contributed by atoms with E-state index in [0.717, 1.165) is 73.2 Å². The number of fused-ring (bicyclic) bond motifs is 8. The molecule has 0 N–H and O–H groups in total. The quantitative estimate of drug-likeness (QED) is 0.324. The molecule has 0 spiro atoms. The fourth-order valence-corrected chi connectivity index (χ4v) is 6.06. The monoisotopic (exact) mass is 463 g/mol. The van der Waals surface area contributed by atoms with E-state index < -0.39 is 0 Å². The summed E-state index contributed by atoms with van der Waals surface area (Å²) in [6.45, 7) is -0.158. The minimum atomic E-state index is -0.103. The number of rotatable bonds is 0. The van der Waals surface area contributed by atoms with Crippen molar-refractivity contribution in [3.63, 3.8) is 0 Å². The van der Waals surface area contributed by atoms with Crippen molar-refractivity contribution in [2.75, 3.05) is 0 Å². The molecule has 0 fully saturated rings. The van der Waals surface area contributed by atoms with Crippen LogP contribution in [0.25, 0.3) is 0 Å². The molecule has 5 nitrogen and oxygen atoms in total. The van der Waals surface area contributed by atoms with Crippen molar-refractivity contribution in [2.45, 2.75) is 0 Å². The van der Waals surface area contributed by atoms with Crippen LogP contribution in [0.1, 0.15) is 0 Å². The second-order valence-electron chi connectivity index (χ2n) is 9.45. The van der Waals surface area contributed by atoms with E-state index in [4.69, 9.17) is 23.9 Å². The largest absolute Gasteiger partial charge is 0.458 e. The highest BCUT2D eigenvalue weighted by Gasteiger charge is 2.45. The molecule has 0 saturated carbocycles. The Morgan fingerprint density at radius 2 is 0.944 bits per heavy atom. The number of hydrogen-bond acceptors (Lipinski definition) is 5. The van der Waals surface area contributed by atoms with Crippen LogP contribution in [0.2, 0.25) is 0 Å². The average Bonchev–Trinajstić information content (AvgIpc) is 2.92. The second-order valence-corrected chi connectivity index (χ2v) is 9.45. The van der Waals surface area contributed by atoms with Gasteiger partial charge in [0.2, 0.25) is 5.88 Å². The van der Waals surface area contributed by atoms with Crippen LogP contribution in [0, 0.1) is 0 Å². The van der Waals surface area contributed by atoms with Crippen molar-refractivity contribution in [2.24, 2.45) is 0 Å². The lowest BCUT2D eigenvalue weighted by Crippen LogP contribution is -2.61. The maximum Gasteiger partial charge on any atom is 0.284 e. The van der Waals surface area contributed by atoms with Crippen LogP contribution in [0.5, 0.6) is 46.1 Å². The van der Waals surface area contributed by atoms with E-state index in [2.05, 4.69) is 18.2 Å². The van der Waals surface area contributed by atoms with Crippen molar-refractivity contribution in [1.82, 2.24) is 4.98 Å². The zero-order valence-electron chi connectivity index (χ0n) is 18.9. The van der Waals surface area contributed by atoms with Crippen molar-refractivity contribution < 1.29 is 18.9 Å². The summed E-state index contributed by atoms with van der Waals surface area (Å²) in [4.78, 5) is 5.16. The zero-order chi connectivity index (χ0) is 23.4. The van der Waals surface area contributed by atoms with E-state index in [-0.39, 0.29) is 13.4 Å². The molecule has 36 heavy (non-hydrogen) atoms. The van der Waals surface area contributed by atoms with Gasteiger partial charge in [0.15, 0.2) is 0 Å². The van der Waals surface area contributed by atoms with Crippen LogP contribution in [0.3, 0.4) is 0 Å². The van der Waals surface area contributed by atoms with Crippen LogP contribution in [0.4, 0.5) is 0 Å². The molecule has 5 aromatic rings. The van der Waals surface area contributed by atoms with Gasteiger partial charge in [0.25, 0.3) is 13.4 Å². The summed E-state index contributed by atoms with van der Waals surface area (Å²) >= 11 is 0. The van der Waals surface area contributed by atoms with Crippen LogP contribution >= 0.6 is 0 Å². The summed E-state index contributed by atoms with van der Waals surface area (Å²) in [6, 6.07) is 30.3. The molecule has 166 valence electrons. The standard InChI is InChI=1S/C29H15B2NO4/c1-3-9-19-16(7-1)30-18-15-25-28(32-29(18)36-24-14-6-11-21(33-19)26(24)30)31-17-8-2-4-10-20(17)34-22-12-5-13-23(35-25)27(22)31/h1-15H. The highest BCUT2D eigenvalue weighted by Crippen LogP contribution is 2.37. The average molecular weight is 463 g/mol. The van der Waals surface area contributed by atoms with E-state index >= 15 is 0 Å². The molecule has 4 aliphatic rings. The molecule has 5 heterocycles. The van der Waals surface area contributed by atoms with E-state index in [1.165, 1.54) is 0 Å². The van der Waals surface area contributed by atoms with Crippen LogP contribution < -0.4 is 51.9 Å². The van der Waals surface area contributed by atoms with Crippen molar-refractivity contribution in [1.29, 1.82) is 0 Å². The third kappa shape index (κ3) is 2.30. The predicted octanol–water partition coefficient (Wildman–Crippen LogP) is 2.54. The van der Waals surface area contributed by atoms with Gasteiger partial charge in [-0.2, -0.15) is 0 Å². The third-order valence-electron chi connectivity index (χ3n) is 7.55. The Morgan fingerprint density at radius 1 is 0.444 bits per heavy atom. The lowest BCUT2D eigenvalue weighted by atomic mass is 9.34. The minimum absolute atomic E-state index is 0.0546. The van der Waals surface area contributed by atoms with Crippen LogP contribution in [0.15, 0.2) is 91.0 Å². The van der Waals surface area contributed by atoms with Gasteiger partial charge in [0, 0.05) is 10.9 Å². The molecular weight excluding hydrogens is 448 g/mol. The van der Waals surface area contributed by atoms with E-state index in [1.807, 2.05) is 72.8 Å². The summed E-state index contributed by atoms with van der Waals surface area (Å²) in [7, 11) is 0. The molecule has 0 amide bonds. The predicted molar refractivity (Wildman–Crippen MR) is 140 cm³/mol. The lowest BCUT2D eigenvalue weighted by Gasteiger charge is -2.35.